The van der Waals surface area contributed by atoms with Crippen LogP contribution in [0.5, 0.6) is 5.75 Å². The SMILES string of the molecule is CC(C)C[C@H](NC(=O)NCc1cn(Cc2ccccc2OCc2ccccc2)nn1)C(=O)NO. The van der Waals surface area contributed by atoms with Crippen molar-refractivity contribution in [3.05, 3.63) is 77.6 Å². The minimum absolute atomic E-state index is 0.132. The number of hydrogen-bond donors (Lipinski definition) is 4. The van der Waals surface area contributed by atoms with Gasteiger partial charge in [0.1, 0.15) is 24.1 Å². The van der Waals surface area contributed by atoms with Gasteiger partial charge in [0.15, 0.2) is 0 Å². The molecule has 0 spiro atoms. The van der Waals surface area contributed by atoms with Crippen LogP contribution < -0.4 is 20.9 Å². The molecule has 0 saturated heterocycles. The van der Waals surface area contributed by atoms with E-state index >= 15 is 0 Å². The Morgan fingerprint density at radius 2 is 1.82 bits per heavy atom. The summed E-state index contributed by atoms with van der Waals surface area (Å²) in [5, 5.41) is 22.3. The summed E-state index contributed by atoms with van der Waals surface area (Å²) in [6.45, 7) is 4.89. The van der Waals surface area contributed by atoms with Crippen LogP contribution in [-0.4, -0.2) is 38.2 Å². The molecule has 180 valence electrons. The predicted molar refractivity (Wildman–Crippen MR) is 125 cm³/mol. The first-order valence-corrected chi connectivity index (χ1v) is 11.1. The summed E-state index contributed by atoms with van der Waals surface area (Å²) in [7, 11) is 0. The summed E-state index contributed by atoms with van der Waals surface area (Å²) < 4.78 is 7.66. The largest absolute Gasteiger partial charge is 0.489 e. The number of aromatic nitrogens is 3. The number of carbonyl (C=O) groups is 2. The van der Waals surface area contributed by atoms with Crippen molar-refractivity contribution in [1.82, 2.24) is 31.1 Å². The lowest BCUT2D eigenvalue weighted by molar-refractivity contribution is -0.131. The summed E-state index contributed by atoms with van der Waals surface area (Å²) >= 11 is 0. The Balaban J connectivity index is 1.54. The zero-order valence-corrected chi connectivity index (χ0v) is 19.3. The third-order valence-corrected chi connectivity index (χ3v) is 5.00. The number of benzene rings is 2. The summed E-state index contributed by atoms with van der Waals surface area (Å²) in [6.07, 6.45) is 2.13. The van der Waals surface area contributed by atoms with Gasteiger partial charge in [-0.3, -0.25) is 10.0 Å². The van der Waals surface area contributed by atoms with Crippen molar-refractivity contribution in [2.24, 2.45) is 5.92 Å². The van der Waals surface area contributed by atoms with Gasteiger partial charge in [0.05, 0.1) is 19.3 Å². The molecule has 0 fully saturated rings. The quantitative estimate of drug-likeness (QED) is 0.254. The maximum absolute atomic E-state index is 12.2. The number of hydrogen-bond acceptors (Lipinski definition) is 6. The number of para-hydroxylation sites is 1. The standard InChI is InChI=1S/C24H30N6O4/c1-17(2)12-21(23(31)28-33)26-24(32)25-13-20-15-30(29-27-20)14-19-10-6-7-11-22(19)34-16-18-8-4-3-5-9-18/h3-11,15,17,21,33H,12-14,16H2,1-2H3,(H,28,31)(H2,25,26,32)/t21-/m0/s1. The molecule has 10 heteroatoms. The van der Waals surface area contributed by atoms with Crippen molar-refractivity contribution in [2.75, 3.05) is 0 Å². The van der Waals surface area contributed by atoms with Crippen molar-refractivity contribution < 1.29 is 19.5 Å². The Morgan fingerprint density at radius 1 is 1.09 bits per heavy atom. The van der Waals surface area contributed by atoms with E-state index in [1.54, 1.807) is 16.4 Å². The van der Waals surface area contributed by atoms with Crippen LogP contribution in [0, 0.1) is 5.92 Å². The smallest absolute Gasteiger partial charge is 0.315 e. The fourth-order valence-electron chi connectivity index (χ4n) is 3.34. The number of nitrogens with zero attached hydrogens (tertiary/aromatic N) is 3. The van der Waals surface area contributed by atoms with E-state index in [0.717, 1.165) is 16.9 Å². The van der Waals surface area contributed by atoms with Crippen molar-refractivity contribution in [2.45, 2.75) is 46.0 Å². The molecule has 0 saturated carbocycles. The molecule has 1 atom stereocenters. The van der Waals surface area contributed by atoms with Crippen molar-refractivity contribution in [1.29, 1.82) is 0 Å². The summed E-state index contributed by atoms with van der Waals surface area (Å²) in [5.74, 6) is 0.254. The topological polar surface area (TPSA) is 130 Å². The van der Waals surface area contributed by atoms with E-state index in [1.807, 2.05) is 68.4 Å². The second kappa shape index (κ2) is 12.4. The maximum Gasteiger partial charge on any atom is 0.315 e. The number of carbonyl (C=O) groups excluding carboxylic acids is 2. The molecule has 0 aliphatic rings. The highest BCUT2D eigenvalue weighted by molar-refractivity contribution is 5.86. The molecular weight excluding hydrogens is 436 g/mol. The minimum Gasteiger partial charge on any atom is -0.489 e. The van der Waals surface area contributed by atoms with Crippen LogP contribution in [0.1, 0.15) is 37.1 Å². The molecule has 0 unspecified atom stereocenters. The monoisotopic (exact) mass is 466 g/mol. The van der Waals surface area contributed by atoms with E-state index in [0.29, 0.717) is 25.3 Å². The Morgan fingerprint density at radius 3 is 2.56 bits per heavy atom. The molecule has 1 aromatic heterocycles. The van der Waals surface area contributed by atoms with E-state index in [4.69, 9.17) is 9.94 Å². The van der Waals surface area contributed by atoms with Gasteiger partial charge in [-0.1, -0.05) is 67.6 Å². The molecule has 3 amide bonds. The molecule has 0 radical (unpaired) electrons. The first kappa shape index (κ1) is 24.7. The van der Waals surface area contributed by atoms with Gasteiger partial charge in [-0.05, 0) is 24.0 Å². The van der Waals surface area contributed by atoms with Gasteiger partial charge in [-0.15, -0.1) is 5.10 Å². The summed E-state index contributed by atoms with van der Waals surface area (Å²) in [5.41, 5.74) is 4.17. The number of ether oxygens (including phenoxy) is 1. The molecule has 0 aliphatic carbocycles. The van der Waals surface area contributed by atoms with E-state index < -0.39 is 18.0 Å². The zero-order valence-electron chi connectivity index (χ0n) is 19.3. The third-order valence-electron chi connectivity index (χ3n) is 5.00. The van der Waals surface area contributed by atoms with Gasteiger partial charge in [0.2, 0.25) is 0 Å². The van der Waals surface area contributed by atoms with Crippen LogP contribution in [0.2, 0.25) is 0 Å². The Bertz CT molecular complexity index is 1070. The molecule has 0 bridgehead atoms. The molecule has 2 aromatic carbocycles. The third kappa shape index (κ3) is 7.59. The minimum atomic E-state index is -0.840. The van der Waals surface area contributed by atoms with Crippen molar-refractivity contribution in [3.63, 3.8) is 0 Å². The highest BCUT2D eigenvalue weighted by atomic mass is 16.5. The van der Waals surface area contributed by atoms with E-state index in [-0.39, 0.29) is 12.5 Å². The van der Waals surface area contributed by atoms with Crippen LogP contribution in [0.3, 0.4) is 0 Å². The molecule has 3 rings (SSSR count). The molecule has 34 heavy (non-hydrogen) atoms. The van der Waals surface area contributed by atoms with Crippen molar-refractivity contribution >= 4 is 11.9 Å². The molecule has 4 N–H and O–H groups in total. The van der Waals surface area contributed by atoms with Gasteiger partial charge in [-0.2, -0.15) is 0 Å². The summed E-state index contributed by atoms with van der Waals surface area (Å²) in [6, 6.07) is 16.3. The first-order chi connectivity index (χ1) is 16.4. The van der Waals surface area contributed by atoms with Crippen LogP contribution in [0.4, 0.5) is 4.79 Å². The van der Waals surface area contributed by atoms with E-state index in [1.165, 1.54) is 0 Å². The Labute approximate surface area is 198 Å². The van der Waals surface area contributed by atoms with Crippen LogP contribution in [0.25, 0.3) is 0 Å². The Kier molecular flexibility index (Phi) is 8.98. The highest BCUT2D eigenvalue weighted by Gasteiger charge is 2.21. The van der Waals surface area contributed by atoms with Gasteiger partial charge in [0, 0.05) is 5.56 Å². The molecule has 1 heterocycles. The predicted octanol–water partition coefficient (Wildman–Crippen LogP) is 2.62. The average Bonchev–Trinajstić information content (AvgIpc) is 3.29. The van der Waals surface area contributed by atoms with Crippen molar-refractivity contribution in [3.8, 4) is 5.75 Å². The summed E-state index contributed by atoms with van der Waals surface area (Å²) in [4.78, 5) is 24.0. The fourth-order valence-corrected chi connectivity index (χ4v) is 3.34. The second-order valence-corrected chi connectivity index (χ2v) is 8.27. The first-order valence-electron chi connectivity index (χ1n) is 11.1. The molecule has 0 aliphatic heterocycles. The zero-order chi connectivity index (χ0) is 24.3. The highest BCUT2D eigenvalue weighted by Crippen LogP contribution is 2.20. The number of urea groups is 1. The molecule has 3 aromatic rings. The maximum atomic E-state index is 12.2. The van der Waals surface area contributed by atoms with E-state index in [2.05, 4.69) is 20.9 Å². The van der Waals surface area contributed by atoms with E-state index in [9.17, 15) is 9.59 Å². The number of rotatable bonds is 11. The van der Waals surface area contributed by atoms with Crippen LogP contribution in [-0.2, 0) is 24.5 Å². The van der Waals surface area contributed by atoms with Crippen LogP contribution in [0.15, 0.2) is 60.8 Å². The van der Waals surface area contributed by atoms with Gasteiger partial charge >= 0.3 is 6.03 Å². The number of nitrogens with one attached hydrogen (secondary N) is 3. The normalized spacial score (nSPS) is 11.6. The lowest BCUT2D eigenvalue weighted by atomic mass is 10.0. The van der Waals surface area contributed by atoms with Gasteiger partial charge < -0.3 is 15.4 Å². The van der Waals surface area contributed by atoms with Crippen LogP contribution >= 0.6 is 0 Å². The number of amides is 3. The number of hydroxylamine groups is 1. The van der Waals surface area contributed by atoms with Gasteiger partial charge in [0.25, 0.3) is 5.91 Å². The van der Waals surface area contributed by atoms with Gasteiger partial charge in [-0.25, -0.2) is 15.0 Å². The molecular formula is C24H30N6O4. The molecule has 10 nitrogen and oxygen atoms in total. The second-order valence-electron chi connectivity index (χ2n) is 8.27. The Hall–Kier alpha value is -3.92. The fraction of sp³-hybridized carbons (Fsp3) is 0.333. The average molecular weight is 467 g/mol. The lowest BCUT2D eigenvalue weighted by Gasteiger charge is -2.18. The lowest BCUT2D eigenvalue weighted by Crippen LogP contribution is -2.49.